The first-order chi connectivity index (χ1) is 7.57. The number of carbonyl (C=O) groups is 2. The zero-order valence-corrected chi connectivity index (χ0v) is 9.28. The van der Waals surface area contributed by atoms with Crippen LogP contribution in [-0.4, -0.2) is 11.8 Å². The molecule has 1 fully saturated rings. The first-order valence-corrected chi connectivity index (χ1v) is 5.21. The van der Waals surface area contributed by atoms with Gasteiger partial charge in [0.1, 0.15) is 11.8 Å². The van der Waals surface area contributed by atoms with Crippen molar-refractivity contribution in [3.05, 3.63) is 0 Å². The van der Waals surface area contributed by atoms with Gasteiger partial charge in [0.25, 0.3) is 0 Å². The van der Waals surface area contributed by atoms with Gasteiger partial charge in [-0.2, -0.15) is 10.5 Å². The summed E-state index contributed by atoms with van der Waals surface area (Å²) in [5.74, 6) is -3.01. The summed E-state index contributed by atoms with van der Waals surface area (Å²) in [5, 5.41) is 20.1. The molecule has 1 heterocycles. The van der Waals surface area contributed by atoms with Crippen LogP contribution in [0.25, 0.3) is 0 Å². The molecule has 0 aliphatic carbocycles. The fourth-order valence-corrected chi connectivity index (χ4v) is 2.40. The van der Waals surface area contributed by atoms with Crippen LogP contribution in [0.5, 0.6) is 0 Å². The largest absolute Gasteiger partial charge is 0.294 e. The summed E-state index contributed by atoms with van der Waals surface area (Å²) >= 11 is 0. The number of hydrogen-bond donors (Lipinski definition) is 1. The second kappa shape index (κ2) is 4.32. The van der Waals surface area contributed by atoms with Crippen molar-refractivity contribution in [1.82, 2.24) is 5.32 Å². The molecule has 2 amide bonds. The molecule has 1 N–H and O–H groups in total. The van der Waals surface area contributed by atoms with E-state index in [9.17, 15) is 9.59 Å². The van der Waals surface area contributed by atoms with E-state index in [-0.39, 0.29) is 0 Å². The summed E-state index contributed by atoms with van der Waals surface area (Å²) in [4.78, 5) is 23.1. The van der Waals surface area contributed by atoms with Crippen molar-refractivity contribution in [2.45, 2.75) is 26.7 Å². The normalized spacial score (nSPS) is 27.8. The number of nitrogens with zero attached hydrogens (tertiary/aromatic N) is 2. The highest BCUT2D eigenvalue weighted by atomic mass is 16.2. The van der Waals surface area contributed by atoms with Gasteiger partial charge in [0.2, 0.25) is 11.8 Å². The third-order valence-corrected chi connectivity index (χ3v) is 3.50. The summed E-state index contributed by atoms with van der Waals surface area (Å²) in [6, 6.07) is 3.83. The predicted molar refractivity (Wildman–Crippen MR) is 54.4 cm³/mol. The molecule has 0 radical (unpaired) electrons. The Bertz CT molecular complexity index is 364. The number of rotatable bonds is 2. The van der Waals surface area contributed by atoms with Crippen molar-refractivity contribution in [2.75, 3.05) is 0 Å². The lowest BCUT2D eigenvalue weighted by Crippen LogP contribution is -2.57. The van der Waals surface area contributed by atoms with Crippen molar-refractivity contribution < 1.29 is 9.59 Å². The lowest BCUT2D eigenvalue weighted by Gasteiger charge is -2.41. The van der Waals surface area contributed by atoms with E-state index in [1.54, 1.807) is 13.8 Å². The molecule has 16 heavy (non-hydrogen) atoms. The van der Waals surface area contributed by atoms with Gasteiger partial charge in [-0.25, -0.2) is 0 Å². The van der Waals surface area contributed by atoms with Crippen molar-refractivity contribution in [3.63, 3.8) is 0 Å². The number of nitriles is 2. The fraction of sp³-hybridized carbons (Fsp3) is 0.636. The average molecular weight is 219 g/mol. The van der Waals surface area contributed by atoms with Gasteiger partial charge in [-0.3, -0.25) is 14.9 Å². The molecule has 5 nitrogen and oxygen atoms in total. The van der Waals surface area contributed by atoms with Crippen molar-refractivity contribution in [2.24, 2.45) is 17.3 Å². The molecule has 0 bridgehead atoms. The molecule has 1 saturated heterocycles. The van der Waals surface area contributed by atoms with Gasteiger partial charge in [-0.15, -0.1) is 0 Å². The summed E-state index contributed by atoms with van der Waals surface area (Å²) < 4.78 is 0. The SMILES string of the molecule is CCC1(CC)[C@H](C#N)C(=O)NC(=O)[C@H]1C#N. The predicted octanol–water partition coefficient (Wildman–Crippen LogP) is 0.729. The highest BCUT2D eigenvalue weighted by molar-refractivity contribution is 6.03. The van der Waals surface area contributed by atoms with Crippen LogP contribution in [0.3, 0.4) is 0 Å². The first kappa shape index (κ1) is 12.2. The number of hydrogen-bond acceptors (Lipinski definition) is 4. The van der Waals surface area contributed by atoms with Crippen LogP contribution >= 0.6 is 0 Å². The van der Waals surface area contributed by atoms with Gasteiger partial charge < -0.3 is 0 Å². The summed E-state index contributed by atoms with van der Waals surface area (Å²) in [7, 11) is 0. The van der Waals surface area contributed by atoms with Crippen LogP contribution in [0.2, 0.25) is 0 Å². The molecule has 0 saturated carbocycles. The molecule has 0 aromatic rings. The van der Waals surface area contributed by atoms with E-state index >= 15 is 0 Å². The van der Waals surface area contributed by atoms with E-state index in [0.29, 0.717) is 12.8 Å². The third kappa shape index (κ3) is 1.45. The lowest BCUT2D eigenvalue weighted by molar-refractivity contribution is -0.145. The van der Waals surface area contributed by atoms with Gasteiger partial charge in [0.05, 0.1) is 12.1 Å². The Morgan fingerprint density at radius 1 is 1.12 bits per heavy atom. The van der Waals surface area contributed by atoms with Gasteiger partial charge >= 0.3 is 0 Å². The smallest absolute Gasteiger partial charge is 0.244 e. The first-order valence-electron chi connectivity index (χ1n) is 5.21. The van der Waals surface area contributed by atoms with Gasteiger partial charge in [0, 0.05) is 5.41 Å². The van der Waals surface area contributed by atoms with Crippen LogP contribution < -0.4 is 5.32 Å². The molecule has 0 unspecified atom stereocenters. The molecule has 84 valence electrons. The monoisotopic (exact) mass is 219 g/mol. The van der Waals surface area contributed by atoms with Crippen molar-refractivity contribution in [1.29, 1.82) is 10.5 Å². The Balaban J connectivity index is 3.32. The molecule has 1 rings (SSSR count). The Morgan fingerprint density at radius 3 is 1.75 bits per heavy atom. The zero-order chi connectivity index (χ0) is 12.3. The van der Waals surface area contributed by atoms with Crippen molar-refractivity contribution in [3.8, 4) is 12.1 Å². The zero-order valence-electron chi connectivity index (χ0n) is 9.28. The van der Waals surface area contributed by atoms with E-state index in [0.717, 1.165) is 0 Å². The topological polar surface area (TPSA) is 93.8 Å². The van der Waals surface area contributed by atoms with E-state index in [4.69, 9.17) is 10.5 Å². The number of carbonyl (C=O) groups excluding carboxylic acids is 2. The Hall–Kier alpha value is -1.88. The molecule has 5 heteroatoms. The average Bonchev–Trinajstić information content (AvgIpc) is 2.27. The standard InChI is InChI=1S/C11H13N3O2/c1-3-11(4-2)7(5-12)9(15)14-10(16)8(11)6-13/h7-8H,3-4H2,1-2H3,(H,14,15,16)/t7-,8-/m1/s1. The van der Waals surface area contributed by atoms with Crippen LogP contribution in [-0.2, 0) is 9.59 Å². The molecular weight excluding hydrogens is 206 g/mol. The van der Waals surface area contributed by atoms with Gasteiger partial charge in [-0.05, 0) is 12.8 Å². The Labute approximate surface area is 94.0 Å². The minimum Gasteiger partial charge on any atom is -0.294 e. The minimum atomic E-state index is -0.926. The Kier molecular flexibility index (Phi) is 3.29. The second-order valence-corrected chi connectivity index (χ2v) is 3.92. The summed E-state index contributed by atoms with van der Waals surface area (Å²) in [6.45, 7) is 3.59. The summed E-state index contributed by atoms with van der Waals surface area (Å²) in [6.07, 6.45) is 0.915. The Morgan fingerprint density at radius 2 is 1.50 bits per heavy atom. The quantitative estimate of drug-likeness (QED) is 0.692. The third-order valence-electron chi connectivity index (χ3n) is 3.50. The van der Waals surface area contributed by atoms with Gasteiger partial charge in [0.15, 0.2) is 0 Å². The molecule has 0 aromatic carbocycles. The molecule has 0 spiro atoms. The van der Waals surface area contributed by atoms with E-state index in [1.165, 1.54) is 0 Å². The maximum absolute atomic E-state index is 11.6. The lowest BCUT2D eigenvalue weighted by atomic mass is 9.61. The van der Waals surface area contributed by atoms with Gasteiger partial charge in [-0.1, -0.05) is 13.8 Å². The molecular formula is C11H13N3O2. The number of imide groups is 1. The van der Waals surface area contributed by atoms with Crippen LogP contribution in [0.1, 0.15) is 26.7 Å². The van der Waals surface area contributed by atoms with E-state index in [1.807, 2.05) is 12.1 Å². The summed E-state index contributed by atoms with van der Waals surface area (Å²) in [5.41, 5.74) is -0.844. The van der Waals surface area contributed by atoms with E-state index < -0.39 is 29.1 Å². The highest BCUT2D eigenvalue weighted by Crippen LogP contribution is 2.44. The van der Waals surface area contributed by atoms with Crippen LogP contribution in [0.15, 0.2) is 0 Å². The minimum absolute atomic E-state index is 0.457. The number of nitrogens with one attached hydrogen (secondary N) is 1. The number of amides is 2. The van der Waals surface area contributed by atoms with Crippen LogP contribution in [0.4, 0.5) is 0 Å². The maximum atomic E-state index is 11.6. The second-order valence-electron chi connectivity index (χ2n) is 3.92. The van der Waals surface area contributed by atoms with Crippen molar-refractivity contribution >= 4 is 11.8 Å². The molecule has 2 atom stereocenters. The number of piperidine rings is 1. The fourth-order valence-electron chi connectivity index (χ4n) is 2.40. The molecule has 1 aliphatic heterocycles. The molecule has 0 aromatic heterocycles. The van der Waals surface area contributed by atoms with E-state index in [2.05, 4.69) is 5.32 Å². The van der Waals surface area contributed by atoms with Crippen LogP contribution in [0, 0.1) is 39.9 Å². The highest BCUT2D eigenvalue weighted by Gasteiger charge is 2.54. The maximum Gasteiger partial charge on any atom is 0.244 e. The molecule has 1 aliphatic rings.